The summed E-state index contributed by atoms with van der Waals surface area (Å²) < 4.78 is 13.6. The zero-order chi connectivity index (χ0) is 14.8. The quantitative estimate of drug-likeness (QED) is 0.568. The monoisotopic (exact) mass is 278 g/mol. The summed E-state index contributed by atoms with van der Waals surface area (Å²) in [6, 6.07) is 4.07. The molecule has 0 bridgehead atoms. The highest BCUT2D eigenvalue weighted by molar-refractivity contribution is 5.73. The Morgan fingerprint density at radius 3 is 2.90 bits per heavy atom. The standard InChI is InChI=1S/C15H19FN2O2/c1-2-3-8-17-15(20)18-11-13-10-12(5-4-9-19)6-7-14(13)16/h6-7,10,19H,2-3,8-9,11H2,1H3,(H2,17,18,20). The Kier molecular flexibility index (Phi) is 7.15. The number of unbranched alkanes of at least 4 members (excludes halogenated alkanes) is 1. The van der Waals surface area contributed by atoms with E-state index in [4.69, 9.17) is 5.11 Å². The van der Waals surface area contributed by atoms with Crippen molar-refractivity contribution in [2.75, 3.05) is 13.2 Å². The first kappa shape index (κ1) is 16.0. The van der Waals surface area contributed by atoms with Gasteiger partial charge in [0, 0.05) is 24.2 Å². The first-order valence-corrected chi connectivity index (χ1v) is 6.57. The van der Waals surface area contributed by atoms with E-state index in [0.29, 0.717) is 17.7 Å². The number of hydrogen-bond donors (Lipinski definition) is 3. The summed E-state index contributed by atoms with van der Waals surface area (Å²) in [6.45, 7) is 2.49. The normalized spacial score (nSPS) is 9.55. The Hall–Kier alpha value is -2.06. The van der Waals surface area contributed by atoms with Crippen LogP contribution in [0.2, 0.25) is 0 Å². The van der Waals surface area contributed by atoms with E-state index in [-0.39, 0.29) is 19.2 Å². The minimum Gasteiger partial charge on any atom is -0.384 e. The number of nitrogens with one attached hydrogen (secondary N) is 2. The number of rotatable bonds is 5. The number of hydrogen-bond acceptors (Lipinski definition) is 2. The maximum absolute atomic E-state index is 13.6. The van der Waals surface area contributed by atoms with Gasteiger partial charge in [-0.2, -0.15) is 0 Å². The van der Waals surface area contributed by atoms with Crippen molar-refractivity contribution in [2.24, 2.45) is 0 Å². The predicted octanol–water partition coefficient (Wildman–Crippen LogP) is 1.77. The number of halogens is 1. The maximum Gasteiger partial charge on any atom is 0.315 e. The Balaban J connectivity index is 2.56. The van der Waals surface area contributed by atoms with Gasteiger partial charge in [0.1, 0.15) is 12.4 Å². The van der Waals surface area contributed by atoms with Gasteiger partial charge in [-0.1, -0.05) is 25.2 Å². The summed E-state index contributed by atoms with van der Waals surface area (Å²) in [5.41, 5.74) is 0.962. The molecule has 0 aliphatic carbocycles. The molecular formula is C15H19FN2O2. The first-order valence-electron chi connectivity index (χ1n) is 6.57. The van der Waals surface area contributed by atoms with Crippen LogP contribution in [0.25, 0.3) is 0 Å². The average molecular weight is 278 g/mol. The molecule has 4 nitrogen and oxygen atoms in total. The second-order valence-electron chi connectivity index (χ2n) is 4.23. The molecule has 0 aliphatic rings. The Labute approximate surface area is 118 Å². The predicted molar refractivity (Wildman–Crippen MR) is 75.5 cm³/mol. The van der Waals surface area contributed by atoms with Gasteiger partial charge >= 0.3 is 6.03 Å². The van der Waals surface area contributed by atoms with Crippen LogP contribution < -0.4 is 10.6 Å². The van der Waals surface area contributed by atoms with E-state index in [1.165, 1.54) is 12.1 Å². The van der Waals surface area contributed by atoms with Crippen LogP contribution in [0.3, 0.4) is 0 Å². The van der Waals surface area contributed by atoms with Crippen molar-refractivity contribution in [1.29, 1.82) is 0 Å². The highest BCUT2D eigenvalue weighted by Gasteiger charge is 2.05. The Morgan fingerprint density at radius 2 is 2.20 bits per heavy atom. The fraction of sp³-hybridized carbons (Fsp3) is 0.400. The average Bonchev–Trinajstić information content (AvgIpc) is 2.45. The first-order chi connectivity index (χ1) is 9.67. The minimum atomic E-state index is -0.395. The molecule has 20 heavy (non-hydrogen) atoms. The Bertz CT molecular complexity index is 506. The third kappa shape index (κ3) is 5.72. The molecule has 0 radical (unpaired) electrons. The molecule has 0 spiro atoms. The van der Waals surface area contributed by atoms with Gasteiger partial charge in [-0.25, -0.2) is 9.18 Å². The van der Waals surface area contributed by atoms with Gasteiger partial charge in [0.15, 0.2) is 0 Å². The molecular weight excluding hydrogens is 259 g/mol. The molecule has 0 aromatic heterocycles. The lowest BCUT2D eigenvalue weighted by molar-refractivity contribution is 0.240. The van der Waals surface area contributed by atoms with E-state index in [1.54, 1.807) is 6.07 Å². The molecule has 2 amide bonds. The summed E-state index contributed by atoms with van der Waals surface area (Å²) in [5.74, 6) is 4.80. The third-order valence-electron chi connectivity index (χ3n) is 2.61. The van der Waals surface area contributed by atoms with Crippen molar-refractivity contribution < 1.29 is 14.3 Å². The summed E-state index contributed by atoms with van der Waals surface area (Å²) >= 11 is 0. The van der Waals surface area contributed by atoms with Crippen molar-refractivity contribution >= 4 is 6.03 Å². The second-order valence-corrected chi connectivity index (χ2v) is 4.23. The molecule has 0 saturated carbocycles. The van der Waals surface area contributed by atoms with Crippen LogP contribution in [0.15, 0.2) is 18.2 Å². The van der Waals surface area contributed by atoms with Crippen LogP contribution in [0.5, 0.6) is 0 Å². The summed E-state index contributed by atoms with van der Waals surface area (Å²) in [5, 5.41) is 13.9. The van der Waals surface area contributed by atoms with E-state index in [2.05, 4.69) is 22.5 Å². The highest BCUT2D eigenvalue weighted by Crippen LogP contribution is 2.09. The van der Waals surface area contributed by atoms with Crippen LogP contribution in [0.1, 0.15) is 30.9 Å². The molecule has 0 heterocycles. The maximum atomic E-state index is 13.6. The number of urea groups is 1. The molecule has 3 N–H and O–H groups in total. The number of carbonyl (C=O) groups excluding carboxylic acids is 1. The fourth-order valence-corrected chi connectivity index (χ4v) is 1.55. The molecule has 5 heteroatoms. The SMILES string of the molecule is CCCCNC(=O)NCc1cc(C#CCO)ccc1F. The molecule has 0 unspecified atom stereocenters. The lowest BCUT2D eigenvalue weighted by Gasteiger charge is -2.08. The van der Waals surface area contributed by atoms with Crippen LogP contribution in [-0.4, -0.2) is 24.3 Å². The Morgan fingerprint density at radius 1 is 1.40 bits per heavy atom. The molecule has 1 rings (SSSR count). The van der Waals surface area contributed by atoms with Crippen molar-refractivity contribution in [3.8, 4) is 11.8 Å². The van der Waals surface area contributed by atoms with Gasteiger partial charge < -0.3 is 15.7 Å². The fourth-order valence-electron chi connectivity index (χ4n) is 1.55. The van der Waals surface area contributed by atoms with Crippen molar-refractivity contribution in [1.82, 2.24) is 10.6 Å². The number of aliphatic hydroxyl groups excluding tert-OH is 1. The molecule has 108 valence electrons. The molecule has 0 fully saturated rings. The molecule has 0 saturated heterocycles. The molecule has 0 aliphatic heterocycles. The van der Waals surface area contributed by atoms with Crippen LogP contribution >= 0.6 is 0 Å². The topological polar surface area (TPSA) is 61.4 Å². The molecule has 1 aromatic carbocycles. The smallest absolute Gasteiger partial charge is 0.315 e. The number of amides is 2. The lowest BCUT2D eigenvalue weighted by atomic mass is 10.1. The number of aliphatic hydroxyl groups is 1. The summed E-state index contributed by atoms with van der Waals surface area (Å²) in [4.78, 5) is 11.5. The third-order valence-corrected chi connectivity index (χ3v) is 2.61. The van der Waals surface area contributed by atoms with E-state index in [9.17, 15) is 9.18 Å². The zero-order valence-corrected chi connectivity index (χ0v) is 11.5. The van der Waals surface area contributed by atoms with Crippen molar-refractivity contribution in [3.05, 3.63) is 35.1 Å². The number of benzene rings is 1. The van der Waals surface area contributed by atoms with Crippen LogP contribution in [-0.2, 0) is 6.54 Å². The molecule has 1 aromatic rings. The zero-order valence-electron chi connectivity index (χ0n) is 11.5. The van der Waals surface area contributed by atoms with Gasteiger partial charge in [0.2, 0.25) is 0 Å². The van der Waals surface area contributed by atoms with Crippen molar-refractivity contribution in [2.45, 2.75) is 26.3 Å². The van der Waals surface area contributed by atoms with Crippen LogP contribution in [0.4, 0.5) is 9.18 Å². The van der Waals surface area contributed by atoms with E-state index in [1.807, 2.05) is 6.92 Å². The van der Waals surface area contributed by atoms with E-state index >= 15 is 0 Å². The van der Waals surface area contributed by atoms with Gasteiger partial charge in [0.25, 0.3) is 0 Å². The molecule has 0 atom stereocenters. The van der Waals surface area contributed by atoms with E-state index < -0.39 is 5.82 Å². The largest absolute Gasteiger partial charge is 0.384 e. The lowest BCUT2D eigenvalue weighted by Crippen LogP contribution is -2.35. The van der Waals surface area contributed by atoms with E-state index in [0.717, 1.165) is 12.8 Å². The number of carbonyl (C=O) groups is 1. The summed E-state index contributed by atoms with van der Waals surface area (Å²) in [7, 11) is 0. The van der Waals surface area contributed by atoms with Gasteiger partial charge in [-0.05, 0) is 24.6 Å². The second kappa shape index (κ2) is 8.94. The van der Waals surface area contributed by atoms with Gasteiger partial charge in [-0.15, -0.1) is 0 Å². The van der Waals surface area contributed by atoms with Crippen LogP contribution in [0, 0.1) is 17.7 Å². The van der Waals surface area contributed by atoms with Crippen molar-refractivity contribution in [3.63, 3.8) is 0 Å². The van der Waals surface area contributed by atoms with Gasteiger partial charge in [-0.3, -0.25) is 0 Å². The van der Waals surface area contributed by atoms with Gasteiger partial charge in [0.05, 0.1) is 0 Å². The highest BCUT2D eigenvalue weighted by atomic mass is 19.1. The minimum absolute atomic E-state index is 0.0957. The summed E-state index contributed by atoms with van der Waals surface area (Å²) in [6.07, 6.45) is 1.91.